The molecule has 24 heavy (non-hydrogen) atoms. The lowest BCUT2D eigenvalue weighted by molar-refractivity contribution is -0.138. The van der Waals surface area contributed by atoms with E-state index in [1.807, 2.05) is 24.3 Å². The van der Waals surface area contributed by atoms with Crippen LogP contribution in [-0.4, -0.2) is 12.6 Å². The van der Waals surface area contributed by atoms with Gasteiger partial charge >= 0.3 is 5.97 Å². The van der Waals surface area contributed by atoms with Crippen LogP contribution in [0, 0.1) is 0 Å². The maximum Gasteiger partial charge on any atom is 0.354 e. The van der Waals surface area contributed by atoms with Gasteiger partial charge in [0.2, 0.25) is 0 Å². The zero-order chi connectivity index (χ0) is 17.5. The lowest BCUT2D eigenvalue weighted by atomic mass is 9.97. The van der Waals surface area contributed by atoms with Crippen molar-refractivity contribution in [3.05, 3.63) is 87.6 Å². The Balaban J connectivity index is 2.44. The summed E-state index contributed by atoms with van der Waals surface area (Å²) in [4.78, 5) is 11.6. The molecule has 2 rings (SSSR count). The van der Waals surface area contributed by atoms with Crippen LogP contribution in [-0.2, 0) is 9.53 Å². The number of allylic oxidation sites excluding steroid dienone is 2. The minimum atomic E-state index is -0.541. The third-order valence-electron chi connectivity index (χ3n) is 3.25. The smallest absolute Gasteiger partial charge is 0.354 e. The Bertz CT molecular complexity index is 715. The molecular weight excluding hydrogens is 345 g/mol. The van der Waals surface area contributed by atoms with Crippen LogP contribution in [0.15, 0.2) is 66.4 Å². The number of nitrogens with two attached hydrogens (primary N) is 1. The summed E-state index contributed by atoms with van der Waals surface area (Å²) in [6.07, 6.45) is 3.31. The van der Waals surface area contributed by atoms with Gasteiger partial charge in [0.25, 0.3) is 0 Å². The van der Waals surface area contributed by atoms with Crippen molar-refractivity contribution in [2.24, 2.45) is 5.73 Å². The number of halogens is 2. The van der Waals surface area contributed by atoms with E-state index in [2.05, 4.69) is 0 Å². The van der Waals surface area contributed by atoms with Crippen LogP contribution in [0.1, 0.15) is 18.1 Å². The summed E-state index contributed by atoms with van der Waals surface area (Å²) in [5.74, 6) is -0.541. The predicted octanol–water partition coefficient (Wildman–Crippen LogP) is 4.83. The monoisotopic (exact) mass is 361 g/mol. The summed E-state index contributed by atoms with van der Waals surface area (Å²) >= 11 is 11.9. The van der Waals surface area contributed by atoms with E-state index < -0.39 is 5.97 Å². The van der Waals surface area contributed by atoms with Crippen LogP contribution in [0.3, 0.4) is 0 Å². The van der Waals surface area contributed by atoms with E-state index in [0.29, 0.717) is 10.0 Å². The van der Waals surface area contributed by atoms with E-state index in [1.54, 1.807) is 37.3 Å². The first kappa shape index (κ1) is 18.1. The summed E-state index contributed by atoms with van der Waals surface area (Å²) in [7, 11) is 0. The van der Waals surface area contributed by atoms with E-state index in [0.717, 1.165) is 16.7 Å². The minimum absolute atomic E-state index is 0.0391. The molecule has 0 aromatic heterocycles. The molecule has 2 aromatic rings. The summed E-state index contributed by atoms with van der Waals surface area (Å²) in [5.41, 5.74) is 8.56. The molecule has 0 amide bonds. The Labute approximate surface area is 151 Å². The van der Waals surface area contributed by atoms with Crippen molar-refractivity contribution in [3.63, 3.8) is 0 Å². The molecule has 124 valence electrons. The average Bonchev–Trinajstić information content (AvgIpc) is 2.58. The van der Waals surface area contributed by atoms with Crippen LogP contribution in [0.4, 0.5) is 0 Å². The standard InChI is InChI=1S/C19H17Cl2NO2/c1-2-24-19(23)18(22)12-11-17(13-3-7-15(20)8-4-13)14-5-9-16(21)10-6-14/h3-12H,2,22H2,1H3/b18-12-. The van der Waals surface area contributed by atoms with Crippen molar-refractivity contribution in [1.29, 1.82) is 0 Å². The van der Waals surface area contributed by atoms with Crippen molar-refractivity contribution >= 4 is 34.7 Å². The number of hydrogen-bond acceptors (Lipinski definition) is 3. The van der Waals surface area contributed by atoms with Crippen LogP contribution in [0.5, 0.6) is 0 Å². The van der Waals surface area contributed by atoms with Gasteiger partial charge in [0.15, 0.2) is 0 Å². The highest BCUT2D eigenvalue weighted by Crippen LogP contribution is 2.26. The summed E-state index contributed by atoms with van der Waals surface area (Å²) < 4.78 is 4.88. The first-order valence-corrected chi connectivity index (χ1v) is 8.13. The fourth-order valence-corrected chi connectivity index (χ4v) is 2.33. The van der Waals surface area contributed by atoms with Crippen LogP contribution in [0.25, 0.3) is 5.57 Å². The molecule has 0 unspecified atom stereocenters. The lowest BCUT2D eigenvalue weighted by Gasteiger charge is -2.09. The number of esters is 1. The Kier molecular flexibility index (Phi) is 6.47. The molecule has 0 bridgehead atoms. The Morgan fingerprint density at radius 1 is 0.958 bits per heavy atom. The highest BCUT2D eigenvalue weighted by molar-refractivity contribution is 6.31. The molecule has 0 spiro atoms. The highest BCUT2D eigenvalue weighted by atomic mass is 35.5. The van der Waals surface area contributed by atoms with Gasteiger partial charge in [0, 0.05) is 10.0 Å². The molecule has 0 atom stereocenters. The van der Waals surface area contributed by atoms with Crippen molar-refractivity contribution < 1.29 is 9.53 Å². The Morgan fingerprint density at radius 2 is 1.42 bits per heavy atom. The average molecular weight is 362 g/mol. The quantitative estimate of drug-likeness (QED) is 0.471. The molecule has 0 aliphatic carbocycles. The number of ether oxygens (including phenoxy) is 1. The minimum Gasteiger partial charge on any atom is -0.461 e. The maximum atomic E-state index is 11.6. The van der Waals surface area contributed by atoms with E-state index >= 15 is 0 Å². The zero-order valence-corrected chi connectivity index (χ0v) is 14.6. The molecule has 0 saturated heterocycles. The summed E-state index contributed by atoms with van der Waals surface area (Å²) in [5, 5.41) is 1.30. The second-order valence-corrected chi connectivity index (χ2v) is 5.81. The largest absolute Gasteiger partial charge is 0.461 e. The van der Waals surface area contributed by atoms with Crippen molar-refractivity contribution in [1.82, 2.24) is 0 Å². The molecule has 0 radical (unpaired) electrons. The van der Waals surface area contributed by atoms with Crippen LogP contribution < -0.4 is 5.73 Å². The first-order valence-electron chi connectivity index (χ1n) is 7.37. The molecule has 5 heteroatoms. The zero-order valence-electron chi connectivity index (χ0n) is 13.1. The molecule has 0 aliphatic rings. The van der Waals surface area contributed by atoms with Gasteiger partial charge in [-0.1, -0.05) is 53.5 Å². The van der Waals surface area contributed by atoms with Gasteiger partial charge in [-0.05, 0) is 54.0 Å². The molecule has 0 aliphatic heterocycles. The van der Waals surface area contributed by atoms with Gasteiger partial charge in [-0.25, -0.2) is 4.79 Å². The number of benzene rings is 2. The topological polar surface area (TPSA) is 52.3 Å². The van der Waals surface area contributed by atoms with Gasteiger partial charge in [-0.15, -0.1) is 0 Å². The van der Waals surface area contributed by atoms with E-state index in [-0.39, 0.29) is 12.3 Å². The Morgan fingerprint density at radius 3 is 1.83 bits per heavy atom. The maximum absolute atomic E-state index is 11.6. The third kappa shape index (κ3) is 4.88. The van der Waals surface area contributed by atoms with Crippen molar-refractivity contribution in [2.75, 3.05) is 6.61 Å². The second kappa shape index (κ2) is 8.57. The van der Waals surface area contributed by atoms with Crippen molar-refractivity contribution in [3.8, 4) is 0 Å². The number of rotatable bonds is 5. The van der Waals surface area contributed by atoms with Gasteiger partial charge in [0.1, 0.15) is 5.70 Å². The van der Waals surface area contributed by atoms with Gasteiger partial charge in [0.05, 0.1) is 6.61 Å². The molecule has 2 aromatic carbocycles. The van der Waals surface area contributed by atoms with Gasteiger partial charge in [-0.2, -0.15) is 0 Å². The predicted molar refractivity (Wildman–Crippen MR) is 98.9 cm³/mol. The molecule has 2 N–H and O–H groups in total. The molecular formula is C19H17Cl2NO2. The second-order valence-electron chi connectivity index (χ2n) is 4.94. The summed E-state index contributed by atoms with van der Waals surface area (Å²) in [6.45, 7) is 2.01. The fourth-order valence-electron chi connectivity index (χ4n) is 2.07. The first-order chi connectivity index (χ1) is 11.5. The normalized spacial score (nSPS) is 11.0. The number of hydrogen-bond donors (Lipinski definition) is 1. The number of carbonyl (C=O) groups is 1. The molecule has 0 fully saturated rings. The van der Waals surface area contributed by atoms with Crippen molar-refractivity contribution in [2.45, 2.75) is 6.92 Å². The fraction of sp³-hybridized carbons (Fsp3) is 0.105. The van der Waals surface area contributed by atoms with E-state index in [1.165, 1.54) is 6.08 Å². The molecule has 0 saturated carbocycles. The van der Waals surface area contributed by atoms with E-state index in [9.17, 15) is 4.79 Å². The number of carbonyl (C=O) groups excluding carboxylic acids is 1. The van der Waals surface area contributed by atoms with Gasteiger partial charge < -0.3 is 10.5 Å². The molecule has 0 heterocycles. The highest BCUT2D eigenvalue weighted by Gasteiger charge is 2.07. The lowest BCUT2D eigenvalue weighted by Crippen LogP contribution is -2.14. The van der Waals surface area contributed by atoms with Gasteiger partial charge in [-0.3, -0.25) is 0 Å². The SMILES string of the molecule is CCOC(=O)/C(N)=C/C=C(c1ccc(Cl)cc1)c1ccc(Cl)cc1. The Hall–Kier alpha value is -2.23. The van der Waals surface area contributed by atoms with Crippen LogP contribution >= 0.6 is 23.2 Å². The third-order valence-corrected chi connectivity index (χ3v) is 3.76. The van der Waals surface area contributed by atoms with E-state index in [4.69, 9.17) is 33.7 Å². The van der Waals surface area contributed by atoms with Crippen LogP contribution in [0.2, 0.25) is 10.0 Å². The summed E-state index contributed by atoms with van der Waals surface area (Å²) in [6, 6.07) is 14.8. The molecule has 3 nitrogen and oxygen atoms in total.